The minimum Gasteiger partial charge on any atom is -0.316 e. The van der Waals surface area contributed by atoms with E-state index in [1.807, 2.05) is 0 Å². The molecule has 3 N–H and O–H groups in total. The van der Waals surface area contributed by atoms with Crippen LogP contribution in [0.1, 0.15) is 19.3 Å². The summed E-state index contributed by atoms with van der Waals surface area (Å²) in [7, 11) is 0. The van der Waals surface area contributed by atoms with E-state index in [0.717, 1.165) is 18.5 Å². The second-order valence-electron chi connectivity index (χ2n) is 3.57. The molecule has 2 heterocycles. The molecule has 2 aliphatic heterocycles. The van der Waals surface area contributed by atoms with E-state index in [1.54, 1.807) is 0 Å². The van der Waals surface area contributed by atoms with Gasteiger partial charge in [-0.2, -0.15) is 0 Å². The van der Waals surface area contributed by atoms with Gasteiger partial charge in [-0.15, -0.1) is 0 Å². The minimum atomic E-state index is 0.725. The van der Waals surface area contributed by atoms with Gasteiger partial charge in [-0.05, 0) is 38.3 Å². The number of nitrogens with one attached hydrogen (secondary N) is 3. The second kappa shape index (κ2) is 3.52. The number of hydrogen-bond acceptors (Lipinski definition) is 3. The summed E-state index contributed by atoms with van der Waals surface area (Å²) in [6.45, 7) is 3.57. The molecular formula is C8H17N3. The molecule has 2 fully saturated rings. The molecule has 2 saturated heterocycles. The van der Waals surface area contributed by atoms with E-state index in [0.29, 0.717) is 0 Å². The summed E-state index contributed by atoms with van der Waals surface area (Å²) < 4.78 is 0. The van der Waals surface area contributed by atoms with Gasteiger partial charge in [0.05, 0.1) is 0 Å². The van der Waals surface area contributed by atoms with Gasteiger partial charge in [-0.25, -0.2) is 0 Å². The SMILES string of the molecule is C1CNCC(C2CCNN2)C1. The lowest BCUT2D eigenvalue weighted by Gasteiger charge is -2.27. The number of rotatable bonds is 1. The Bertz CT molecular complexity index is 115. The smallest absolute Gasteiger partial charge is 0.0265 e. The zero-order valence-corrected chi connectivity index (χ0v) is 6.90. The van der Waals surface area contributed by atoms with Crippen LogP contribution in [0.25, 0.3) is 0 Å². The first kappa shape index (κ1) is 7.53. The van der Waals surface area contributed by atoms with Crippen molar-refractivity contribution in [3.05, 3.63) is 0 Å². The molecule has 2 aliphatic rings. The molecule has 0 radical (unpaired) electrons. The lowest BCUT2D eigenvalue weighted by Crippen LogP contribution is -2.43. The summed E-state index contributed by atoms with van der Waals surface area (Å²) in [6.07, 6.45) is 4.04. The van der Waals surface area contributed by atoms with Gasteiger partial charge in [0.2, 0.25) is 0 Å². The molecule has 2 rings (SSSR count). The monoisotopic (exact) mass is 155 g/mol. The molecule has 0 saturated carbocycles. The van der Waals surface area contributed by atoms with Crippen LogP contribution in [0.15, 0.2) is 0 Å². The molecular weight excluding hydrogens is 138 g/mol. The van der Waals surface area contributed by atoms with Crippen LogP contribution in [0.5, 0.6) is 0 Å². The van der Waals surface area contributed by atoms with Gasteiger partial charge in [0.25, 0.3) is 0 Å². The molecule has 0 aromatic heterocycles. The normalized spacial score (nSPS) is 39.3. The highest BCUT2D eigenvalue weighted by molar-refractivity contribution is 4.83. The van der Waals surface area contributed by atoms with E-state index < -0.39 is 0 Å². The fourth-order valence-electron chi connectivity index (χ4n) is 2.08. The Morgan fingerprint density at radius 3 is 2.73 bits per heavy atom. The van der Waals surface area contributed by atoms with Gasteiger partial charge >= 0.3 is 0 Å². The minimum absolute atomic E-state index is 0.725. The predicted octanol–water partition coefficient (Wildman–Crippen LogP) is -0.147. The molecule has 0 spiro atoms. The zero-order chi connectivity index (χ0) is 7.52. The Labute approximate surface area is 67.9 Å². The highest BCUT2D eigenvalue weighted by atomic mass is 15.4. The van der Waals surface area contributed by atoms with Crippen molar-refractivity contribution in [2.75, 3.05) is 19.6 Å². The van der Waals surface area contributed by atoms with Crippen LogP contribution in [0.4, 0.5) is 0 Å². The topological polar surface area (TPSA) is 36.1 Å². The van der Waals surface area contributed by atoms with Crippen LogP contribution in [0.3, 0.4) is 0 Å². The van der Waals surface area contributed by atoms with Crippen LogP contribution >= 0.6 is 0 Å². The second-order valence-corrected chi connectivity index (χ2v) is 3.57. The third kappa shape index (κ3) is 1.72. The van der Waals surface area contributed by atoms with Gasteiger partial charge < -0.3 is 5.32 Å². The molecule has 64 valence electrons. The molecule has 3 nitrogen and oxygen atoms in total. The van der Waals surface area contributed by atoms with Crippen LogP contribution in [0, 0.1) is 5.92 Å². The summed E-state index contributed by atoms with van der Waals surface area (Å²) in [4.78, 5) is 0. The van der Waals surface area contributed by atoms with E-state index in [-0.39, 0.29) is 0 Å². The Kier molecular flexibility index (Phi) is 2.41. The first-order chi connectivity index (χ1) is 5.47. The maximum absolute atomic E-state index is 3.44. The van der Waals surface area contributed by atoms with Crippen molar-refractivity contribution in [3.8, 4) is 0 Å². The third-order valence-electron chi connectivity index (χ3n) is 2.77. The van der Waals surface area contributed by atoms with E-state index in [9.17, 15) is 0 Å². The summed E-state index contributed by atoms with van der Waals surface area (Å²) >= 11 is 0. The predicted molar refractivity (Wildman–Crippen MR) is 45.1 cm³/mol. The largest absolute Gasteiger partial charge is 0.316 e. The lowest BCUT2D eigenvalue weighted by atomic mass is 9.91. The highest BCUT2D eigenvalue weighted by Gasteiger charge is 2.25. The van der Waals surface area contributed by atoms with Crippen molar-refractivity contribution in [1.82, 2.24) is 16.2 Å². The zero-order valence-electron chi connectivity index (χ0n) is 6.90. The molecule has 0 amide bonds. The van der Waals surface area contributed by atoms with Crippen molar-refractivity contribution in [2.24, 2.45) is 5.92 Å². The van der Waals surface area contributed by atoms with Crippen molar-refractivity contribution in [2.45, 2.75) is 25.3 Å². The summed E-state index contributed by atoms with van der Waals surface area (Å²) in [5.41, 5.74) is 6.53. The lowest BCUT2D eigenvalue weighted by molar-refractivity contribution is 0.297. The molecule has 0 aliphatic carbocycles. The number of hydrogen-bond donors (Lipinski definition) is 3. The molecule has 0 bridgehead atoms. The summed E-state index contributed by atoms with van der Waals surface area (Å²) in [5, 5.41) is 3.44. The standard InChI is InChI=1S/C8H17N3/c1-2-7(6-9-4-1)8-3-5-10-11-8/h7-11H,1-6H2. The Morgan fingerprint density at radius 2 is 2.09 bits per heavy atom. The fraction of sp³-hybridized carbons (Fsp3) is 1.00. The summed E-state index contributed by atoms with van der Waals surface area (Å²) in [5.74, 6) is 0.860. The third-order valence-corrected chi connectivity index (χ3v) is 2.77. The van der Waals surface area contributed by atoms with Crippen LogP contribution in [-0.2, 0) is 0 Å². The number of hydrazine groups is 1. The average Bonchev–Trinajstić information content (AvgIpc) is 2.58. The molecule has 2 unspecified atom stereocenters. The Morgan fingerprint density at radius 1 is 1.09 bits per heavy atom. The van der Waals surface area contributed by atoms with Crippen LogP contribution < -0.4 is 16.2 Å². The maximum atomic E-state index is 3.44. The molecule has 2 atom stereocenters. The van der Waals surface area contributed by atoms with E-state index in [1.165, 1.54) is 32.4 Å². The molecule has 3 heteroatoms. The van der Waals surface area contributed by atoms with Gasteiger partial charge in [0.1, 0.15) is 0 Å². The van der Waals surface area contributed by atoms with Crippen LogP contribution in [-0.4, -0.2) is 25.7 Å². The van der Waals surface area contributed by atoms with Gasteiger partial charge in [-0.3, -0.25) is 10.9 Å². The van der Waals surface area contributed by atoms with Crippen molar-refractivity contribution < 1.29 is 0 Å². The van der Waals surface area contributed by atoms with Crippen molar-refractivity contribution >= 4 is 0 Å². The number of piperidine rings is 1. The molecule has 11 heavy (non-hydrogen) atoms. The van der Waals surface area contributed by atoms with Gasteiger partial charge in [-0.1, -0.05) is 0 Å². The summed E-state index contributed by atoms with van der Waals surface area (Å²) in [6, 6.07) is 0.725. The van der Waals surface area contributed by atoms with Crippen molar-refractivity contribution in [1.29, 1.82) is 0 Å². The van der Waals surface area contributed by atoms with Gasteiger partial charge in [0, 0.05) is 12.6 Å². The molecule has 0 aromatic carbocycles. The van der Waals surface area contributed by atoms with E-state index in [4.69, 9.17) is 0 Å². The quantitative estimate of drug-likeness (QED) is 0.493. The Hall–Kier alpha value is -0.120. The fourth-order valence-corrected chi connectivity index (χ4v) is 2.08. The van der Waals surface area contributed by atoms with E-state index in [2.05, 4.69) is 16.2 Å². The molecule has 0 aromatic rings. The van der Waals surface area contributed by atoms with Crippen molar-refractivity contribution in [3.63, 3.8) is 0 Å². The average molecular weight is 155 g/mol. The first-order valence-electron chi connectivity index (χ1n) is 4.66. The van der Waals surface area contributed by atoms with Gasteiger partial charge in [0.15, 0.2) is 0 Å². The Balaban J connectivity index is 1.82. The highest BCUT2D eigenvalue weighted by Crippen LogP contribution is 2.17. The first-order valence-corrected chi connectivity index (χ1v) is 4.66. The maximum Gasteiger partial charge on any atom is 0.0265 e. The van der Waals surface area contributed by atoms with Crippen LogP contribution in [0.2, 0.25) is 0 Å². The van der Waals surface area contributed by atoms with E-state index >= 15 is 0 Å².